The van der Waals surface area contributed by atoms with E-state index in [2.05, 4.69) is 6.92 Å². The van der Waals surface area contributed by atoms with E-state index in [0.29, 0.717) is 18.7 Å². The van der Waals surface area contributed by atoms with Crippen LogP contribution in [0, 0.1) is 13.8 Å². The second-order valence-electron chi connectivity index (χ2n) is 9.59. The van der Waals surface area contributed by atoms with Gasteiger partial charge in [0.15, 0.2) is 0 Å². The van der Waals surface area contributed by atoms with E-state index in [4.69, 9.17) is 4.74 Å². The summed E-state index contributed by atoms with van der Waals surface area (Å²) >= 11 is 0. The fraction of sp³-hybridized carbons (Fsp3) is 0.448. The minimum absolute atomic E-state index is 0.121. The molecule has 0 aliphatic carbocycles. The Morgan fingerprint density at radius 1 is 1.03 bits per heavy atom. The minimum atomic E-state index is -0.647. The fourth-order valence-corrected chi connectivity index (χ4v) is 4.44. The molecule has 2 aromatic carbocycles. The highest BCUT2D eigenvalue weighted by atomic mass is 16.5. The van der Waals surface area contributed by atoms with Gasteiger partial charge in [0, 0.05) is 12.1 Å². The van der Waals surface area contributed by atoms with E-state index in [0.717, 1.165) is 54.7 Å². The third-order valence-corrected chi connectivity index (χ3v) is 6.40. The lowest BCUT2D eigenvalue weighted by molar-refractivity contribution is -0.139. The normalized spacial score (nSPS) is 17.4. The lowest BCUT2D eigenvalue weighted by atomic mass is 9.93. The van der Waals surface area contributed by atoms with Crippen LogP contribution in [0.2, 0.25) is 0 Å². The van der Waals surface area contributed by atoms with Gasteiger partial charge in [0.05, 0.1) is 18.2 Å². The molecule has 1 amide bonds. The number of hydrogen-bond acceptors (Lipinski definition) is 5. The molecular formula is C29H38N2O4. The number of unbranched alkanes of at least 4 members (excludes halogenated alkanes) is 2. The van der Waals surface area contributed by atoms with Crippen molar-refractivity contribution in [3.05, 3.63) is 70.3 Å². The largest absolute Gasteiger partial charge is 0.507 e. The minimum Gasteiger partial charge on any atom is -0.507 e. The summed E-state index contributed by atoms with van der Waals surface area (Å²) in [6.07, 6.45) is 3.98. The molecule has 188 valence electrons. The molecular weight excluding hydrogens is 440 g/mol. The monoisotopic (exact) mass is 478 g/mol. The number of aryl methyl sites for hydroxylation is 2. The molecule has 1 fully saturated rings. The van der Waals surface area contributed by atoms with Gasteiger partial charge in [-0.2, -0.15) is 0 Å². The molecule has 1 N–H and O–H groups in total. The molecule has 6 nitrogen and oxygen atoms in total. The van der Waals surface area contributed by atoms with Crippen molar-refractivity contribution >= 4 is 17.4 Å². The number of aliphatic hydroxyl groups is 1. The topological polar surface area (TPSA) is 70.1 Å². The van der Waals surface area contributed by atoms with Gasteiger partial charge in [0.2, 0.25) is 0 Å². The molecule has 1 aliphatic rings. The maximum atomic E-state index is 13.2. The summed E-state index contributed by atoms with van der Waals surface area (Å²) in [6.45, 7) is 7.85. The van der Waals surface area contributed by atoms with Gasteiger partial charge in [0.1, 0.15) is 11.5 Å². The molecule has 0 bridgehead atoms. The van der Waals surface area contributed by atoms with Gasteiger partial charge in [-0.05, 0) is 76.7 Å². The van der Waals surface area contributed by atoms with Crippen molar-refractivity contribution in [3.8, 4) is 5.75 Å². The second-order valence-corrected chi connectivity index (χ2v) is 9.59. The van der Waals surface area contributed by atoms with Gasteiger partial charge < -0.3 is 19.6 Å². The zero-order valence-corrected chi connectivity index (χ0v) is 21.6. The van der Waals surface area contributed by atoms with Crippen molar-refractivity contribution in [1.82, 2.24) is 9.80 Å². The summed E-state index contributed by atoms with van der Waals surface area (Å²) in [5, 5.41) is 11.3. The number of likely N-dealkylation sites (tertiary alicyclic amines) is 1. The number of hydrogen-bond donors (Lipinski definition) is 1. The summed E-state index contributed by atoms with van der Waals surface area (Å²) in [5.41, 5.74) is 3.32. The molecule has 1 saturated heterocycles. The van der Waals surface area contributed by atoms with Crippen molar-refractivity contribution in [2.45, 2.75) is 52.5 Å². The maximum Gasteiger partial charge on any atom is 0.295 e. The van der Waals surface area contributed by atoms with Crippen LogP contribution in [0.1, 0.15) is 60.9 Å². The van der Waals surface area contributed by atoms with Crippen molar-refractivity contribution in [3.63, 3.8) is 0 Å². The summed E-state index contributed by atoms with van der Waals surface area (Å²) in [4.78, 5) is 30.0. The third kappa shape index (κ3) is 6.31. The molecule has 6 heteroatoms. The Morgan fingerprint density at radius 2 is 1.74 bits per heavy atom. The van der Waals surface area contributed by atoms with Gasteiger partial charge in [-0.3, -0.25) is 9.59 Å². The van der Waals surface area contributed by atoms with E-state index in [9.17, 15) is 14.7 Å². The quantitative estimate of drug-likeness (QED) is 0.207. The van der Waals surface area contributed by atoms with Crippen LogP contribution in [0.3, 0.4) is 0 Å². The van der Waals surface area contributed by atoms with Gasteiger partial charge >= 0.3 is 0 Å². The summed E-state index contributed by atoms with van der Waals surface area (Å²) < 4.78 is 5.84. The SMILES string of the molecule is CCCCCOc1ccc(C2/C(=C(\O)c3cc(C)ccc3C)C(=O)C(=O)N2CCCN(C)C)cc1. The number of ether oxygens (including phenoxy) is 1. The number of rotatable bonds is 11. The Bertz CT molecular complexity index is 1070. The Labute approximate surface area is 209 Å². The first-order valence-electron chi connectivity index (χ1n) is 12.5. The standard InChI is InChI=1S/C29H38N2O4/c1-6-7-8-18-35-23-14-12-22(13-15-23)26-25(27(32)24-19-20(2)10-11-21(24)3)28(33)29(34)31(26)17-9-16-30(4)5/h10-15,19,26,32H,6-9,16-18H2,1-5H3/b27-25+. The number of ketones is 1. The molecule has 3 rings (SSSR count). The van der Waals surface area contributed by atoms with Gasteiger partial charge in [0.25, 0.3) is 11.7 Å². The number of benzene rings is 2. The smallest absolute Gasteiger partial charge is 0.295 e. The van der Waals surface area contributed by atoms with Crippen molar-refractivity contribution in [2.24, 2.45) is 0 Å². The first-order valence-corrected chi connectivity index (χ1v) is 12.5. The number of carbonyl (C=O) groups excluding carboxylic acids is 2. The first kappa shape index (κ1) is 26.5. The van der Waals surface area contributed by atoms with Crippen LogP contribution < -0.4 is 4.74 Å². The first-order chi connectivity index (χ1) is 16.7. The van der Waals surface area contributed by atoms with Crippen LogP contribution >= 0.6 is 0 Å². The molecule has 1 aliphatic heterocycles. The number of aliphatic hydroxyl groups excluding tert-OH is 1. The third-order valence-electron chi connectivity index (χ3n) is 6.40. The number of Topliss-reactive ketones (excluding diaryl/α,β-unsaturated/α-hetero) is 1. The zero-order valence-electron chi connectivity index (χ0n) is 21.6. The van der Waals surface area contributed by atoms with E-state index >= 15 is 0 Å². The van der Waals surface area contributed by atoms with Gasteiger partial charge in [-0.1, -0.05) is 49.6 Å². The molecule has 1 unspecified atom stereocenters. The predicted octanol–water partition coefficient (Wildman–Crippen LogP) is 5.25. The summed E-state index contributed by atoms with van der Waals surface area (Å²) in [6, 6.07) is 12.6. The zero-order chi connectivity index (χ0) is 25.5. The molecule has 0 radical (unpaired) electrons. The van der Waals surface area contributed by atoms with E-state index < -0.39 is 17.7 Å². The molecule has 0 saturated carbocycles. The molecule has 0 aromatic heterocycles. The van der Waals surface area contributed by atoms with Crippen LogP contribution in [0.15, 0.2) is 48.0 Å². The highest BCUT2D eigenvalue weighted by Gasteiger charge is 2.45. The molecule has 1 heterocycles. The van der Waals surface area contributed by atoms with E-state index in [-0.39, 0.29) is 11.3 Å². The predicted molar refractivity (Wildman–Crippen MR) is 140 cm³/mol. The van der Waals surface area contributed by atoms with Crippen molar-refractivity contribution < 1.29 is 19.4 Å². The average Bonchev–Trinajstić information content (AvgIpc) is 3.08. The lowest BCUT2D eigenvalue weighted by Crippen LogP contribution is -2.32. The fourth-order valence-electron chi connectivity index (χ4n) is 4.44. The Hall–Kier alpha value is -3.12. The Morgan fingerprint density at radius 3 is 2.40 bits per heavy atom. The molecule has 2 aromatic rings. The number of carbonyl (C=O) groups is 2. The van der Waals surface area contributed by atoms with Crippen LogP contribution in [0.25, 0.3) is 5.76 Å². The lowest BCUT2D eigenvalue weighted by Gasteiger charge is -2.26. The number of nitrogens with zero attached hydrogens (tertiary/aromatic N) is 2. The maximum absolute atomic E-state index is 13.2. The Kier molecular flexibility index (Phi) is 9.10. The molecule has 35 heavy (non-hydrogen) atoms. The van der Waals surface area contributed by atoms with Crippen LogP contribution in [-0.2, 0) is 9.59 Å². The summed E-state index contributed by atoms with van der Waals surface area (Å²) in [7, 11) is 3.96. The van der Waals surface area contributed by atoms with E-state index in [1.807, 2.05) is 75.3 Å². The van der Waals surface area contributed by atoms with Crippen LogP contribution in [0.5, 0.6) is 5.75 Å². The summed E-state index contributed by atoms with van der Waals surface area (Å²) in [5.74, 6) is -0.577. The van der Waals surface area contributed by atoms with Gasteiger partial charge in [-0.15, -0.1) is 0 Å². The van der Waals surface area contributed by atoms with Crippen molar-refractivity contribution in [2.75, 3.05) is 33.8 Å². The highest BCUT2D eigenvalue weighted by Crippen LogP contribution is 2.40. The molecule has 1 atom stereocenters. The van der Waals surface area contributed by atoms with E-state index in [1.54, 1.807) is 4.90 Å². The number of amides is 1. The second kappa shape index (κ2) is 12.0. The Balaban J connectivity index is 2.00. The molecule has 0 spiro atoms. The van der Waals surface area contributed by atoms with Crippen LogP contribution in [-0.4, -0.2) is 60.4 Å². The van der Waals surface area contributed by atoms with Crippen molar-refractivity contribution in [1.29, 1.82) is 0 Å². The average molecular weight is 479 g/mol. The van der Waals surface area contributed by atoms with E-state index in [1.165, 1.54) is 0 Å². The van der Waals surface area contributed by atoms with Gasteiger partial charge in [-0.25, -0.2) is 0 Å². The highest BCUT2D eigenvalue weighted by molar-refractivity contribution is 6.46. The van der Waals surface area contributed by atoms with Crippen LogP contribution in [0.4, 0.5) is 0 Å².